The van der Waals surface area contributed by atoms with E-state index < -0.39 is 13.0 Å². The fourth-order valence-corrected chi connectivity index (χ4v) is 1.44. The van der Waals surface area contributed by atoms with Gasteiger partial charge in [-0.25, -0.2) is 0 Å². The first-order valence-electron chi connectivity index (χ1n) is 4.05. The molecule has 0 saturated heterocycles. The predicted molar refractivity (Wildman–Crippen MR) is 48.7 cm³/mol. The van der Waals surface area contributed by atoms with Gasteiger partial charge in [0.25, 0.3) is 0 Å². The van der Waals surface area contributed by atoms with Crippen LogP contribution in [0.15, 0.2) is 10.2 Å². The van der Waals surface area contributed by atoms with Crippen LogP contribution in [-0.2, 0) is 11.3 Å². The highest BCUT2D eigenvalue weighted by Crippen LogP contribution is 2.15. The molecule has 1 heterocycles. The van der Waals surface area contributed by atoms with Crippen molar-refractivity contribution in [3.05, 3.63) is 20.7 Å². The van der Waals surface area contributed by atoms with Gasteiger partial charge in [-0.3, -0.25) is 9.53 Å². The lowest BCUT2D eigenvalue weighted by atomic mass is 10.5. The van der Waals surface area contributed by atoms with E-state index in [2.05, 4.69) is 15.0 Å². The molecule has 1 aromatic heterocycles. The number of hydrogen-bond acceptors (Lipinski definition) is 4. The number of halogens is 3. The van der Waals surface area contributed by atoms with Crippen LogP contribution in [0, 0.1) is 0 Å². The number of rotatable bonds is 5. The van der Waals surface area contributed by atoms with E-state index in [1.54, 1.807) is 5.38 Å². The molecule has 0 atom stereocenters. The molecule has 0 aliphatic heterocycles. The average molecular weight is 242 g/mol. The van der Waals surface area contributed by atoms with Crippen LogP contribution in [0.3, 0.4) is 0 Å². The minimum absolute atomic E-state index is 0.0669. The second kappa shape index (κ2) is 5.29. The van der Waals surface area contributed by atoms with E-state index in [1.165, 1.54) is 0 Å². The van der Waals surface area contributed by atoms with Crippen molar-refractivity contribution in [2.75, 3.05) is 13.2 Å². The summed E-state index contributed by atoms with van der Waals surface area (Å²) in [5.74, 6) is 0. The molecule has 86 valence electrons. The lowest BCUT2D eigenvalue weighted by Gasteiger charge is -2.07. The Morgan fingerprint density at radius 2 is 2.27 bits per heavy atom. The number of H-pyrrole nitrogens is 1. The Balaban J connectivity index is 2.10. The number of ether oxygens (including phenoxy) is 1. The van der Waals surface area contributed by atoms with Crippen molar-refractivity contribution >= 4 is 11.3 Å². The summed E-state index contributed by atoms with van der Waals surface area (Å²) < 4.78 is 38.1. The number of alkyl halides is 3. The van der Waals surface area contributed by atoms with Gasteiger partial charge in [0, 0.05) is 24.2 Å². The van der Waals surface area contributed by atoms with Crippen molar-refractivity contribution in [3.8, 4) is 0 Å². The van der Waals surface area contributed by atoms with Gasteiger partial charge in [-0.05, 0) is 0 Å². The van der Waals surface area contributed by atoms with Gasteiger partial charge >= 0.3 is 11.2 Å². The first kappa shape index (κ1) is 12.2. The Hall–Kier alpha value is -0.860. The molecular formula is C7H9F3N2O2S. The van der Waals surface area contributed by atoms with Gasteiger partial charge in [0.1, 0.15) is 0 Å². The van der Waals surface area contributed by atoms with Gasteiger partial charge in [0.05, 0.1) is 6.61 Å². The van der Waals surface area contributed by atoms with Gasteiger partial charge in [-0.1, -0.05) is 11.3 Å². The van der Waals surface area contributed by atoms with E-state index in [0.29, 0.717) is 12.2 Å². The maximum Gasteiger partial charge on any atom is 0.522 e. The third kappa shape index (κ3) is 5.55. The highest BCUT2D eigenvalue weighted by atomic mass is 32.1. The Labute approximate surface area is 87.1 Å². The summed E-state index contributed by atoms with van der Waals surface area (Å²) in [7, 11) is 0. The third-order valence-corrected chi connectivity index (χ3v) is 2.15. The van der Waals surface area contributed by atoms with E-state index >= 15 is 0 Å². The van der Waals surface area contributed by atoms with Crippen molar-refractivity contribution in [3.63, 3.8) is 0 Å². The SMILES string of the molecule is O=c1[nH]c(CNCCOC(F)(F)F)cs1. The van der Waals surface area contributed by atoms with Crippen molar-refractivity contribution in [2.24, 2.45) is 0 Å². The number of thiazole rings is 1. The zero-order valence-corrected chi connectivity index (χ0v) is 8.37. The molecule has 0 unspecified atom stereocenters. The van der Waals surface area contributed by atoms with Gasteiger partial charge < -0.3 is 10.3 Å². The normalized spacial score (nSPS) is 11.9. The van der Waals surface area contributed by atoms with Crippen molar-refractivity contribution < 1.29 is 17.9 Å². The fraction of sp³-hybridized carbons (Fsp3) is 0.571. The molecule has 1 rings (SSSR count). The average Bonchev–Trinajstić information content (AvgIpc) is 2.49. The first-order chi connectivity index (χ1) is 6.97. The van der Waals surface area contributed by atoms with Crippen molar-refractivity contribution in [1.82, 2.24) is 10.3 Å². The lowest BCUT2D eigenvalue weighted by molar-refractivity contribution is -0.323. The molecule has 0 amide bonds. The van der Waals surface area contributed by atoms with Crippen LogP contribution < -0.4 is 10.2 Å². The third-order valence-electron chi connectivity index (χ3n) is 1.43. The molecule has 0 spiro atoms. The van der Waals surface area contributed by atoms with Gasteiger partial charge in [0.2, 0.25) is 0 Å². The van der Waals surface area contributed by atoms with Gasteiger partial charge in [-0.15, -0.1) is 13.2 Å². The molecule has 8 heteroatoms. The number of hydrogen-bond donors (Lipinski definition) is 2. The van der Waals surface area contributed by atoms with E-state index in [-0.39, 0.29) is 11.4 Å². The zero-order chi connectivity index (χ0) is 11.3. The van der Waals surface area contributed by atoms with E-state index in [4.69, 9.17) is 0 Å². The molecule has 2 N–H and O–H groups in total. The Bertz CT molecular complexity index is 346. The van der Waals surface area contributed by atoms with Crippen LogP contribution in [0.4, 0.5) is 13.2 Å². The molecule has 4 nitrogen and oxygen atoms in total. The summed E-state index contributed by atoms with van der Waals surface area (Å²) in [4.78, 5) is 13.0. The molecular weight excluding hydrogens is 233 g/mol. The molecule has 0 aromatic carbocycles. The van der Waals surface area contributed by atoms with Crippen LogP contribution in [0.1, 0.15) is 5.69 Å². The predicted octanol–water partition coefficient (Wildman–Crippen LogP) is 1.06. The number of nitrogens with one attached hydrogen (secondary N) is 2. The maximum atomic E-state index is 11.5. The summed E-state index contributed by atoms with van der Waals surface area (Å²) in [6, 6.07) is 0. The summed E-state index contributed by atoms with van der Waals surface area (Å²) >= 11 is 1.01. The summed E-state index contributed by atoms with van der Waals surface area (Å²) in [6.07, 6.45) is -4.58. The second-order valence-electron chi connectivity index (χ2n) is 2.64. The van der Waals surface area contributed by atoms with E-state index in [1.807, 2.05) is 0 Å². The summed E-state index contributed by atoms with van der Waals surface area (Å²) in [5.41, 5.74) is 0.650. The second-order valence-corrected chi connectivity index (χ2v) is 3.49. The van der Waals surface area contributed by atoms with Gasteiger partial charge in [0.15, 0.2) is 0 Å². The van der Waals surface area contributed by atoms with Crippen LogP contribution in [0.2, 0.25) is 0 Å². The molecule has 1 aromatic rings. The smallest absolute Gasteiger partial charge is 0.315 e. The largest absolute Gasteiger partial charge is 0.522 e. The van der Waals surface area contributed by atoms with Gasteiger partial charge in [-0.2, -0.15) is 0 Å². The van der Waals surface area contributed by atoms with Crippen LogP contribution in [0.5, 0.6) is 0 Å². The first-order valence-corrected chi connectivity index (χ1v) is 4.93. The molecule has 0 fully saturated rings. The van der Waals surface area contributed by atoms with E-state index in [9.17, 15) is 18.0 Å². The molecule has 15 heavy (non-hydrogen) atoms. The minimum atomic E-state index is -4.58. The quantitative estimate of drug-likeness (QED) is 0.759. The minimum Gasteiger partial charge on any atom is -0.315 e. The molecule has 0 aliphatic rings. The summed E-state index contributed by atoms with van der Waals surface area (Å²) in [5, 5.41) is 4.31. The standard InChI is InChI=1S/C7H9F3N2O2S/c8-7(9,10)14-2-1-11-3-5-4-15-6(13)12-5/h4,11H,1-3H2,(H,12,13). The molecule has 0 radical (unpaired) electrons. The van der Waals surface area contributed by atoms with E-state index in [0.717, 1.165) is 11.3 Å². The number of aromatic amines is 1. The monoisotopic (exact) mass is 242 g/mol. The topological polar surface area (TPSA) is 54.1 Å². The highest BCUT2D eigenvalue weighted by molar-refractivity contribution is 7.07. The van der Waals surface area contributed by atoms with Crippen LogP contribution in [-0.4, -0.2) is 24.5 Å². The zero-order valence-electron chi connectivity index (χ0n) is 7.56. The maximum absolute atomic E-state index is 11.5. The Morgan fingerprint density at radius 3 is 2.80 bits per heavy atom. The molecule has 0 saturated carbocycles. The molecule has 0 aliphatic carbocycles. The highest BCUT2D eigenvalue weighted by Gasteiger charge is 2.28. The lowest BCUT2D eigenvalue weighted by Crippen LogP contribution is -2.24. The Morgan fingerprint density at radius 1 is 1.53 bits per heavy atom. The summed E-state index contributed by atoms with van der Waals surface area (Å²) in [6.45, 7) is -0.0603. The number of aromatic nitrogens is 1. The van der Waals surface area contributed by atoms with Crippen molar-refractivity contribution in [1.29, 1.82) is 0 Å². The molecule has 0 bridgehead atoms. The van der Waals surface area contributed by atoms with Crippen LogP contribution in [0.25, 0.3) is 0 Å². The fourth-order valence-electron chi connectivity index (χ4n) is 0.863. The Kier molecular flexibility index (Phi) is 4.30. The van der Waals surface area contributed by atoms with Crippen molar-refractivity contribution in [2.45, 2.75) is 12.9 Å². The van der Waals surface area contributed by atoms with Crippen LogP contribution >= 0.6 is 11.3 Å².